The van der Waals surface area contributed by atoms with Crippen LogP contribution in [-0.4, -0.2) is 21.1 Å². The molecule has 6 nitrogen and oxygen atoms in total. The largest absolute Gasteiger partial charge is 0.452 e. The number of thiazole rings is 1. The smallest absolute Gasteiger partial charge is 0.331 e. The quantitative estimate of drug-likeness (QED) is 0.392. The van der Waals surface area contributed by atoms with Crippen molar-refractivity contribution in [2.24, 2.45) is 0 Å². The van der Waals surface area contributed by atoms with Crippen molar-refractivity contribution in [3.8, 4) is 11.4 Å². The van der Waals surface area contributed by atoms with Crippen LogP contribution in [0.4, 0.5) is 0 Å². The number of nitrogens with zero attached hydrogens (tertiary/aromatic N) is 3. The first-order valence-corrected chi connectivity index (χ1v) is 8.68. The zero-order chi connectivity index (χ0) is 17.8. The molecule has 0 bridgehead atoms. The monoisotopic (exact) mass is 363 g/mol. The lowest BCUT2D eigenvalue weighted by Gasteiger charge is -1.95. The molecule has 128 valence electrons. The number of esters is 1. The lowest BCUT2D eigenvalue weighted by molar-refractivity contribution is -0.139. The fourth-order valence-corrected chi connectivity index (χ4v) is 3.17. The normalized spacial score (nSPS) is 11.2. The average molecular weight is 363 g/mol. The van der Waals surface area contributed by atoms with E-state index in [1.54, 1.807) is 6.08 Å². The summed E-state index contributed by atoms with van der Waals surface area (Å²) in [5.74, 6) is 0.205. The molecule has 0 fully saturated rings. The maximum atomic E-state index is 11.9. The van der Waals surface area contributed by atoms with Gasteiger partial charge >= 0.3 is 5.97 Å². The highest BCUT2D eigenvalue weighted by Gasteiger charge is 2.10. The van der Waals surface area contributed by atoms with E-state index in [0.29, 0.717) is 5.82 Å². The second-order valence-electron chi connectivity index (χ2n) is 5.34. The predicted octanol–water partition coefficient (Wildman–Crippen LogP) is 4.10. The van der Waals surface area contributed by atoms with Crippen molar-refractivity contribution in [1.82, 2.24) is 15.1 Å². The molecule has 2 aromatic carbocycles. The number of carbonyl (C=O) groups is 1. The topological polar surface area (TPSA) is 78.1 Å². The van der Waals surface area contributed by atoms with Gasteiger partial charge in [-0.3, -0.25) is 0 Å². The van der Waals surface area contributed by atoms with Gasteiger partial charge in [0.15, 0.2) is 6.61 Å². The third-order valence-electron chi connectivity index (χ3n) is 3.51. The Labute approximate surface area is 152 Å². The van der Waals surface area contributed by atoms with E-state index in [4.69, 9.17) is 9.26 Å². The highest BCUT2D eigenvalue weighted by molar-refractivity contribution is 7.19. The van der Waals surface area contributed by atoms with E-state index in [1.165, 1.54) is 17.4 Å². The van der Waals surface area contributed by atoms with Crippen LogP contribution in [0.5, 0.6) is 0 Å². The molecule has 2 heterocycles. The molecule has 0 amide bonds. The van der Waals surface area contributed by atoms with Gasteiger partial charge < -0.3 is 9.26 Å². The van der Waals surface area contributed by atoms with Gasteiger partial charge in [0.1, 0.15) is 5.01 Å². The molecule has 0 aliphatic rings. The molecule has 0 radical (unpaired) electrons. The van der Waals surface area contributed by atoms with Crippen molar-refractivity contribution < 1.29 is 14.1 Å². The number of ether oxygens (including phenoxy) is 1. The number of benzene rings is 2. The van der Waals surface area contributed by atoms with Gasteiger partial charge in [-0.2, -0.15) is 4.98 Å². The van der Waals surface area contributed by atoms with Crippen molar-refractivity contribution in [3.05, 3.63) is 71.6 Å². The summed E-state index contributed by atoms with van der Waals surface area (Å²) >= 11 is 1.51. The maximum Gasteiger partial charge on any atom is 0.331 e. The Hall–Kier alpha value is -3.32. The number of hydrogen-bond donors (Lipinski definition) is 0. The zero-order valence-corrected chi connectivity index (χ0v) is 14.3. The number of hydrogen-bond acceptors (Lipinski definition) is 7. The van der Waals surface area contributed by atoms with Crippen molar-refractivity contribution in [2.75, 3.05) is 0 Å². The zero-order valence-electron chi connectivity index (χ0n) is 13.5. The fourth-order valence-electron chi connectivity index (χ4n) is 2.30. The Morgan fingerprint density at radius 2 is 1.88 bits per heavy atom. The summed E-state index contributed by atoms with van der Waals surface area (Å²) in [6, 6.07) is 17.2. The van der Waals surface area contributed by atoms with Gasteiger partial charge in [0.05, 0.1) is 10.2 Å². The van der Waals surface area contributed by atoms with E-state index in [-0.39, 0.29) is 12.5 Å². The number of carbonyl (C=O) groups excluding carboxylic acids is 1. The highest BCUT2D eigenvalue weighted by Crippen LogP contribution is 2.22. The molecule has 0 saturated carbocycles. The van der Waals surface area contributed by atoms with Gasteiger partial charge in [-0.25, -0.2) is 9.78 Å². The van der Waals surface area contributed by atoms with Crippen LogP contribution in [0.3, 0.4) is 0 Å². The summed E-state index contributed by atoms with van der Waals surface area (Å²) in [5.41, 5.74) is 1.74. The minimum Gasteiger partial charge on any atom is -0.452 e. The first-order valence-electron chi connectivity index (χ1n) is 7.86. The minimum atomic E-state index is -0.497. The second kappa shape index (κ2) is 7.28. The molecule has 0 atom stereocenters. The van der Waals surface area contributed by atoms with Crippen LogP contribution in [0.15, 0.2) is 65.2 Å². The van der Waals surface area contributed by atoms with Crippen LogP contribution in [0.2, 0.25) is 0 Å². The maximum absolute atomic E-state index is 11.9. The molecule has 7 heteroatoms. The van der Waals surface area contributed by atoms with Crippen LogP contribution in [0.1, 0.15) is 10.9 Å². The Bertz CT molecular complexity index is 1040. The summed E-state index contributed by atoms with van der Waals surface area (Å²) in [7, 11) is 0. The molecule has 0 saturated heterocycles. The molecule has 4 aromatic rings. The highest BCUT2D eigenvalue weighted by atomic mass is 32.1. The van der Waals surface area contributed by atoms with Crippen molar-refractivity contribution >= 4 is 33.6 Å². The van der Waals surface area contributed by atoms with E-state index in [9.17, 15) is 4.79 Å². The molecule has 4 rings (SSSR count). The van der Waals surface area contributed by atoms with E-state index in [1.807, 2.05) is 54.6 Å². The van der Waals surface area contributed by atoms with E-state index < -0.39 is 5.97 Å². The van der Waals surface area contributed by atoms with Crippen LogP contribution in [0, 0.1) is 0 Å². The van der Waals surface area contributed by atoms with Gasteiger partial charge in [-0.1, -0.05) is 47.6 Å². The first-order chi connectivity index (χ1) is 12.8. The molecular formula is C19H13N3O3S. The van der Waals surface area contributed by atoms with Crippen molar-refractivity contribution in [1.29, 1.82) is 0 Å². The Balaban J connectivity index is 1.36. The Kier molecular flexibility index (Phi) is 4.53. The molecule has 0 aliphatic heterocycles. The second-order valence-corrected chi connectivity index (χ2v) is 6.40. The van der Waals surface area contributed by atoms with E-state index in [0.717, 1.165) is 20.8 Å². The van der Waals surface area contributed by atoms with Crippen molar-refractivity contribution in [2.45, 2.75) is 6.61 Å². The van der Waals surface area contributed by atoms with Crippen LogP contribution in [-0.2, 0) is 16.1 Å². The summed E-state index contributed by atoms with van der Waals surface area (Å²) in [6.45, 7) is -0.0805. The lowest BCUT2D eigenvalue weighted by atomic mass is 10.2. The van der Waals surface area contributed by atoms with Gasteiger partial charge in [-0.05, 0) is 18.2 Å². The molecule has 0 unspecified atom stereocenters. The van der Waals surface area contributed by atoms with Gasteiger partial charge in [0.2, 0.25) is 5.82 Å². The van der Waals surface area contributed by atoms with Crippen LogP contribution >= 0.6 is 11.3 Å². The fraction of sp³-hybridized carbons (Fsp3) is 0.0526. The third-order valence-corrected chi connectivity index (χ3v) is 4.51. The number of rotatable bonds is 5. The average Bonchev–Trinajstić information content (AvgIpc) is 3.32. The minimum absolute atomic E-state index is 0.0805. The van der Waals surface area contributed by atoms with Crippen molar-refractivity contribution in [3.63, 3.8) is 0 Å². The molecule has 2 aromatic heterocycles. The molecule has 0 N–H and O–H groups in total. The van der Waals surface area contributed by atoms with Crippen LogP contribution < -0.4 is 0 Å². The molecular weight excluding hydrogens is 350 g/mol. The first kappa shape index (κ1) is 16.2. The summed E-state index contributed by atoms with van der Waals surface area (Å²) in [6.07, 6.45) is 2.97. The SMILES string of the molecule is O=C(/C=C/c1nc2ccccc2s1)OCc1nc(-c2ccccc2)no1. The van der Waals surface area contributed by atoms with E-state index in [2.05, 4.69) is 15.1 Å². The number of fused-ring (bicyclic) bond motifs is 1. The van der Waals surface area contributed by atoms with Gasteiger partial charge in [0.25, 0.3) is 5.89 Å². The number of para-hydroxylation sites is 1. The summed E-state index contributed by atoms with van der Waals surface area (Å²) in [5, 5.41) is 4.62. The van der Waals surface area contributed by atoms with Gasteiger partial charge in [-0.15, -0.1) is 11.3 Å². The number of aromatic nitrogens is 3. The lowest BCUT2D eigenvalue weighted by Crippen LogP contribution is -2.00. The molecule has 26 heavy (non-hydrogen) atoms. The Morgan fingerprint density at radius 3 is 2.73 bits per heavy atom. The Morgan fingerprint density at radius 1 is 1.08 bits per heavy atom. The third kappa shape index (κ3) is 3.68. The van der Waals surface area contributed by atoms with Crippen LogP contribution in [0.25, 0.3) is 27.7 Å². The molecule has 0 aliphatic carbocycles. The summed E-state index contributed by atoms with van der Waals surface area (Å²) < 4.78 is 11.3. The standard InChI is InChI=1S/C19H13N3O3S/c23-18(11-10-17-20-14-8-4-5-9-15(14)26-17)24-12-16-21-19(22-25-16)13-6-2-1-3-7-13/h1-11H,12H2/b11-10+. The predicted molar refractivity (Wildman–Crippen MR) is 98.2 cm³/mol. The van der Waals surface area contributed by atoms with E-state index >= 15 is 0 Å². The summed E-state index contributed by atoms with van der Waals surface area (Å²) in [4.78, 5) is 20.5. The molecule has 0 spiro atoms. The van der Waals surface area contributed by atoms with Gasteiger partial charge in [0, 0.05) is 11.6 Å².